The zero-order chi connectivity index (χ0) is 13.4. The molecular weight excluding hydrogens is 258 g/mol. The minimum Gasteiger partial charge on any atom is -0.299 e. The molecule has 3 rings (SSSR count). The van der Waals surface area contributed by atoms with Crippen LogP contribution in [0.25, 0.3) is 0 Å². The van der Waals surface area contributed by atoms with Gasteiger partial charge in [-0.3, -0.25) is 14.0 Å². The van der Waals surface area contributed by atoms with Crippen LogP contribution in [0.1, 0.15) is 37.1 Å². The number of aromatic nitrogens is 1. The highest BCUT2D eigenvalue weighted by Crippen LogP contribution is 2.39. The highest BCUT2D eigenvalue weighted by Gasteiger charge is 2.42. The average molecular weight is 277 g/mol. The Kier molecular flexibility index (Phi) is 3.52. The van der Waals surface area contributed by atoms with Gasteiger partial charge in [0.15, 0.2) is 0 Å². The van der Waals surface area contributed by atoms with Crippen molar-refractivity contribution in [2.45, 2.75) is 49.5 Å². The van der Waals surface area contributed by atoms with Crippen LogP contribution in [0.3, 0.4) is 0 Å². The molecule has 2 unspecified atom stereocenters. The van der Waals surface area contributed by atoms with Gasteiger partial charge in [-0.25, -0.2) is 0 Å². The third kappa shape index (κ3) is 2.64. The Morgan fingerprint density at radius 2 is 2.00 bits per heavy atom. The number of hydrogen-bond acceptors (Lipinski definition) is 3. The van der Waals surface area contributed by atoms with E-state index in [-0.39, 0.29) is 22.2 Å². The van der Waals surface area contributed by atoms with Gasteiger partial charge in [0.05, 0.1) is 0 Å². The summed E-state index contributed by atoms with van der Waals surface area (Å²) in [5.41, 5.74) is 1.82. The van der Waals surface area contributed by atoms with Crippen molar-refractivity contribution in [1.29, 1.82) is 0 Å². The summed E-state index contributed by atoms with van der Waals surface area (Å²) < 4.78 is 11.9. The van der Waals surface area contributed by atoms with Crippen LogP contribution < -0.4 is 0 Å². The lowest BCUT2D eigenvalue weighted by Crippen LogP contribution is -2.33. The van der Waals surface area contributed by atoms with E-state index in [4.69, 9.17) is 0 Å². The standard InChI is InChI=1S/C15H19NO2S/c1-10-3-2-4-12(16-10)9-15(17)11-7-13-5-6-14(8-11)19(13)18/h2-4,11,13-14H,5-9H2,1H3. The first-order valence-corrected chi connectivity index (χ1v) is 8.25. The van der Waals surface area contributed by atoms with Gasteiger partial charge in [-0.05, 0) is 44.7 Å². The van der Waals surface area contributed by atoms with E-state index < -0.39 is 10.8 Å². The molecule has 2 saturated heterocycles. The van der Waals surface area contributed by atoms with Gasteiger partial charge in [0.2, 0.25) is 0 Å². The number of pyridine rings is 1. The van der Waals surface area contributed by atoms with Crippen LogP contribution in [0.4, 0.5) is 0 Å². The van der Waals surface area contributed by atoms with Crippen LogP contribution in [0, 0.1) is 12.8 Å². The molecule has 2 aliphatic heterocycles. The normalized spacial score (nSPS) is 33.3. The van der Waals surface area contributed by atoms with Gasteiger partial charge in [-0.2, -0.15) is 0 Å². The maximum absolute atomic E-state index is 12.4. The Labute approximate surface area is 116 Å². The zero-order valence-corrected chi connectivity index (χ0v) is 12.0. The van der Waals surface area contributed by atoms with Crippen molar-refractivity contribution in [3.05, 3.63) is 29.6 Å². The number of hydrogen-bond donors (Lipinski definition) is 0. The molecule has 2 fully saturated rings. The van der Waals surface area contributed by atoms with Gasteiger partial charge >= 0.3 is 0 Å². The van der Waals surface area contributed by atoms with Crippen LogP contribution in [0.2, 0.25) is 0 Å². The minimum atomic E-state index is -0.674. The number of Topliss-reactive ketones (excluding diaryl/α,β-unsaturated/α-hetero) is 1. The van der Waals surface area contributed by atoms with Crippen LogP contribution in [-0.2, 0) is 22.0 Å². The van der Waals surface area contributed by atoms with Crippen molar-refractivity contribution in [2.24, 2.45) is 5.92 Å². The molecule has 2 bridgehead atoms. The quantitative estimate of drug-likeness (QED) is 0.851. The Balaban J connectivity index is 1.67. The predicted molar refractivity (Wildman–Crippen MR) is 75.4 cm³/mol. The monoisotopic (exact) mass is 277 g/mol. The summed E-state index contributed by atoms with van der Waals surface area (Å²) in [6, 6.07) is 5.81. The Hall–Kier alpha value is -1.03. The molecule has 0 spiro atoms. The van der Waals surface area contributed by atoms with Crippen molar-refractivity contribution in [1.82, 2.24) is 4.98 Å². The fraction of sp³-hybridized carbons (Fsp3) is 0.600. The smallest absolute Gasteiger partial charge is 0.141 e. The second-order valence-corrected chi connectivity index (χ2v) is 7.72. The van der Waals surface area contributed by atoms with Crippen molar-refractivity contribution >= 4 is 16.6 Å². The first kappa shape index (κ1) is 13.0. The lowest BCUT2D eigenvalue weighted by Gasteiger charge is -2.26. The van der Waals surface area contributed by atoms with Gasteiger partial charge in [0, 0.05) is 45.0 Å². The molecule has 1 aromatic heterocycles. The average Bonchev–Trinajstić information content (AvgIpc) is 2.62. The molecule has 0 aliphatic carbocycles. The number of carbonyl (C=O) groups is 1. The second kappa shape index (κ2) is 5.16. The van der Waals surface area contributed by atoms with Gasteiger partial charge in [0.1, 0.15) is 5.78 Å². The summed E-state index contributed by atoms with van der Waals surface area (Å²) in [4.78, 5) is 16.8. The van der Waals surface area contributed by atoms with Gasteiger partial charge in [0.25, 0.3) is 0 Å². The molecule has 4 heteroatoms. The number of carbonyl (C=O) groups excluding carboxylic acids is 1. The van der Waals surface area contributed by atoms with E-state index in [9.17, 15) is 9.00 Å². The molecule has 0 N–H and O–H groups in total. The van der Waals surface area contributed by atoms with E-state index in [2.05, 4.69) is 4.98 Å². The summed E-state index contributed by atoms with van der Waals surface area (Å²) in [6.45, 7) is 1.94. The largest absolute Gasteiger partial charge is 0.299 e. The molecule has 0 radical (unpaired) electrons. The maximum atomic E-state index is 12.4. The lowest BCUT2D eigenvalue weighted by atomic mass is 9.92. The molecule has 1 aromatic rings. The van der Waals surface area contributed by atoms with Crippen LogP contribution in [0.5, 0.6) is 0 Å². The molecule has 0 aromatic carbocycles. The van der Waals surface area contributed by atoms with E-state index in [1.54, 1.807) is 0 Å². The molecule has 0 saturated carbocycles. The molecule has 102 valence electrons. The predicted octanol–water partition coefficient (Wildman–Crippen LogP) is 2.19. The molecule has 0 amide bonds. The first-order valence-electron chi connectivity index (χ1n) is 6.98. The van der Waals surface area contributed by atoms with E-state index >= 15 is 0 Å². The molecule has 2 atom stereocenters. The summed E-state index contributed by atoms with van der Waals surface area (Å²) in [5.74, 6) is 0.393. The van der Waals surface area contributed by atoms with Crippen molar-refractivity contribution < 1.29 is 9.00 Å². The Morgan fingerprint density at radius 1 is 1.32 bits per heavy atom. The first-order chi connectivity index (χ1) is 9.13. The summed E-state index contributed by atoms with van der Waals surface area (Å²) in [6.07, 6.45) is 4.17. The zero-order valence-electron chi connectivity index (χ0n) is 11.2. The second-order valence-electron chi connectivity index (χ2n) is 5.73. The van der Waals surface area contributed by atoms with Crippen LogP contribution in [0.15, 0.2) is 18.2 Å². The Bertz CT molecular complexity index is 513. The summed E-state index contributed by atoms with van der Waals surface area (Å²) in [7, 11) is -0.674. The Morgan fingerprint density at radius 3 is 2.63 bits per heavy atom. The van der Waals surface area contributed by atoms with Crippen LogP contribution in [-0.4, -0.2) is 25.5 Å². The molecule has 19 heavy (non-hydrogen) atoms. The highest BCUT2D eigenvalue weighted by atomic mass is 32.2. The number of fused-ring (bicyclic) bond motifs is 2. The summed E-state index contributed by atoms with van der Waals surface area (Å²) >= 11 is 0. The fourth-order valence-electron chi connectivity index (χ4n) is 3.32. The fourth-order valence-corrected chi connectivity index (χ4v) is 5.44. The van der Waals surface area contributed by atoms with Gasteiger partial charge in [-0.1, -0.05) is 6.07 Å². The van der Waals surface area contributed by atoms with Crippen LogP contribution >= 0.6 is 0 Å². The minimum absolute atomic E-state index is 0.109. The van der Waals surface area contributed by atoms with Crippen molar-refractivity contribution in [3.8, 4) is 0 Å². The number of rotatable bonds is 3. The maximum Gasteiger partial charge on any atom is 0.141 e. The van der Waals surface area contributed by atoms with E-state index in [0.717, 1.165) is 37.1 Å². The van der Waals surface area contributed by atoms with E-state index in [1.165, 1.54) is 0 Å². The molecular formula is C15H19NO2S. The van der Waals surface area contributed by atoms with Gasteiger partial charge < -0.3 is 0 Å². The highest BCUT2D eigenvalue weighted by molar-refractivity contribution is 7.86. The van der Waals surface area contributed by atoms with Gasteiger partial charge in [-0.15, -0.1) is 0 Å². The number of aryl methyl sites for hydroxylation is 1. The molecule has 2 aliphatic rings. The van der Waals surface area contributed by atoms with E-state index in [1.807, 2.05) is 25.1 Å². The SMILES string of the molecule is Cc1cccc(CC(=O)C2CC3CCC(C2)S3=O)n1. The third-order valence-corrected chi connectivity index (χ3v) is 6.49. The molecule has 3 heterocycles. The lowest BCUT2D eigenvalue weighted by molar-refractivity contribution is -0.122. The van der Waals surface area contributed by atoms with Crippen molar-refractivity contribution in [3.63, 3.8) is 0 Å². The number of ketones is 1. The molecule has 3 nitrogen and oxygen atoms in total. The van der Waals surface area contributed by atoms with Crippen molar-refractivity contribution in [2.75, 3.05) is 0 Å². The number of nitrogens with zero attached hydrogens (tertiary/aromatic N) is 1. The third-order valence-electron chi connectivity index (χ3n) is 4.32. The summed E-state index contributed by atoms with van der Waals surface area (Å²) in [5, 5.41) is 0.552. The van der Waals surface area contributed by atoms with E-state index in [0.29, 0.717) is 6.42 Å². The topological polar surface area (TPSA) is 47.0 Å².